The number of hydrogen-bond acceptors (Lipinski definition) is 4. The van der Waals surface area contributed by atoms with Gasteiger partial charge in [0.1, 0.15) is 11.6 Å². The van der Waals surface area contributed by atoms with Crippen molar-refractivity contribution in [3.8, 4) is 0 Å². The minimum Gasteiger partial charge on any atom is -0.444 e. The van der Waals surface area contributed by atoms with Gasteiger partial charge in [0.15, 0.2) is 0 Å². The topological polar surface area (TPSA) is 78.9 Å². The van der Waals surface area contributed by atoms with E-state index < -0.39 is 29.7 Å². The molecule has 1 saturated heterocycles. The molecule has 1 aromatic carbocycles. The Hall–Kier alpha value is -1.79. The number of para-hydroxylation sites is 1. The largest absolute Gasteiger partial charge is 0.444 e. The molecule has 0 spiro atoms. The molecule has 1 aromatic rings. The summed E-state index contributed by atoms with van der Waals surface area (Å²) in [7, 11) is 0. The smallest absolute Gasteiger partial charge is 0.411 e. The number of carbonyl (C=O) groups is 2. The molecule has 0 radical (unpaired) electrons. The maximum atomic E-state index is 12.5. The van der Waals surface area contributed by atoms with Crippen LogP contribution in [-0.4, -0.2) is 46.3 Å². The average Bonchev–Trinajstić information content (AvgIpc) is 2.82. The van der Waals surface area contributed by atoms with E-state index in [-0.39, 0.29) is 13.0 Å². The highest BCUT2D eigenvalue weighted by Crippen LogP contribution is 2.25. The fraction of sp³-hybridized carbons (Fsp3) is 0.500. The predicted molar refractivity (Wildman–Crippen MR) is 87.4 cm³/mol. The van der Waals surface area contributed by atoms with E-state index >= 15 is 0 Å². The summed E-state index contributed by atoms with van der Waals surface area (Å²) in [5.41, 5.74) is -0.210. The van der Waals surface area contributed by atoms with E-state index in [9.17, 15) is 14.7 Å². The molecule has 7 heteroatoms. The number of amides is 2. The van der Waals surface area contributed by atoms with Crippen molar-refractivity contribution in [2.45, 2.75) is 44.9 Å². The number of carbonyl (C=O) groups excluding carboxylic acids is 2. The van der Waals surface area contributed by atoms with Crippen LogP contribution in [0.25, 0.3) is 0 Å². The van der Waals surface area contributed by atoms with Crippen molar-refractivity contribution in [2.75, 3.05) is 11.9 Å². The maximum Gasteiger partial charge on any atom is 0.411 e. The average molecular weight is 341 g/mol. The molecule has 2 rings (SSSR count). The Kier molecular flexibility index (Phi) is 5.16. The monoisotopic (exact) mass is 340 g/mol. The lowest BCUT2D eigenvalue weighted by Gasteiger charge is -2.27. The summed E-state index contributed by atoms with van der Waals surface area (Å²) in [6, 6.07) is 6.03. The first-order valence-corrected chi connectivity index (χ1v) is 7.78. The molecule has 2 amide bonds. The Morgan fingerprint density at radius 1 is 1.35 bits per heavy atom. The molecule has 126 valence electrons. The van der Waals surface area contributed by atoms with Gasteiger partial charge in [-0.2, -0.15) is 0 Å². The molecule has 0 aromatic heterocycles. The molecule has 1 fully saturated rings. The summed E-state index contributed by atoms with van der Waals surface area (Å²) in [5.74, 6) is -0.402. The van der Waals surface area contributed by atoms with Crippen LogP contribution in [0.5, 0.6) is 0 Å². The Balaban J connectivity index is 2.11. The fourth-order valence-corrected chi connectivity index (χ4v) is 2.55. The molecule has 0 saturated carbocycles. The van der Waals surface area contributed by atoms with Crippen LogP contribution in [0.1, 0.15) is 27.2 Å². The predicted octanol–water partition coefficient (Wildman–Crippen LogP) is 2.65. The molecule has 1 aliphatic heterocycles. The Bertz CT molecular complexity index is 600. The molecule has 6 nitrogen and oxygen atoms in total. The van der Waals surface area contributed by atoms with Crippen LogP contribution in [0.2, 0.25) is 5.02 Å². The fourth-order valence-electron chi connectivity index (χ4n) is 2.36. The van der Waals surface area contributed by atoms with Crippen LogP contribution < -0.4 is 5.32 Å². The Labute approximate surface area is 140 Å². The van der Waals surface area contributed by atoms with Gasteiger partial charge in [0, 0.05) is 6.42 Å². The van der Waals surface area contributed by atoms with Gasteiger partial charge in [-0.1, -0.05) is 23.7 Å². The minimum atomic E-state index is -0.795. The van der Waals surface area contributed by atoms with Crippen molar-refractivity contribution < 1.29 is 19.4 Å². The molecule has 0 unspecified atom stereocenters. The Morgan fingerprint density at radius 2 is 2.00 bits per heavy atom. The molecular formula is C16H21ClN2O4. The van der Waals surface area contributed by atoms with E-state index in [1.165, 1.54) is 4.90 Å². The highest BCUT2D eigenvalue weighted by atomic mass is 35.5. The quantitative estimate of drug-likeness (QED) is 0.867. The third kappa shape index (κ3) is 4.59. The number of rotatable bonds is 2. The van der Waals surface area contributed by atoms with E-state index in [1.54, 1.807) is 45.0 Å². The lowest BCUT2D eigenvalue weighted by Crippen LogP contribution is -2.45. The zero-order chi connectivity index (χ0) is 17.2. The van der Waals surface area contributed by atoms with Crippen LogP contribution in [0.15, 0.2) is 24.3 Å². The zero-order valence-corrected chi connectivity index (χ0v) is 14.1. The van der Waals surface area contributed by atoms with E-state index in [2.05, 4.69) is 5.32 Å². The van der Waals surface area contributed by atoms with Crippen molar-refractivity contribution in [1.82, 2.24) is 4.90 Å². The van der Waals surface area contributed by atoms with Crippen LogP contribution in [-0.2, 0) is 9.53 Å². The maximum absolute atomic E-state index is 12.5. The number of hydrogen-bond donors (Lipinski definition) is 2. The lowest BCUT2D eigenvalue weighted by molar-refractivity contribution is -0.120. The molecule has 0 aliphatic carbocycles. The van der Waals surface area contributed by atoms with E-state index in [1.807, 2.05) is 0 Å². The van der Waals surface area contributed by atoms with Crippen LogP contribution in [0.4, 0.5) is 10.5 Å². The van der Waals surface area contributed by atoms with Gasteiger partial charge in [-0.15, -0.1) is 0 Å². The van der Waals surface area contributed by atoms with Crippen molar-refractivity contribution in [2.24, 2.45) is 0 Å². The van der Waals surface area contributed by atoms with Gasteiger partial charge in [-0.25, -0.2) is 4.79 Å². The molecule has 0 bridgehead atoms. The summed E-state index contributed by atoms with van der Waals surface area (Å²) >= 11 is 6.02. The second kappa shape index (κ2) is 6.76. The molecule has 1 aliphatic rings. The summed E-state index contributed by atoms with van der Waals surface area (Å²) in [4.78, 5) is 25.9. The van der Waals surface area contributed by atoms with Crippen molar-refractivity contribution in [1.29, 1.82) is 0 Å². The standard InChI is InChI=1S/C16H21ClN2O4/c1-16(2,3)23-15(22)19-9-10(20)8-13(19)14(21)18-12-7-5-4-6-11(12)17/h4-7,10,13,20H,8-9H2,1-3H3,(H,18,21)/t10-,13+/m0/s1. The van der Waals surface area contributed by atoms with Gasteiger partial charge in [0.25, 0.3) is 0 Å². The van der Waals surface area contributed by atoms with Crippen molar-refractivity contribution in [3.05, 3.63) is 29.3 Å². The number of halogens is 1. The summed E-state index contributed by atoms with van der Waals surface area (Å²) in [6.45, 7) is 5.30. The van der Waals surface area contributed by atoms with Crippen LogP contribution in [0.3, 0.4) is 0 Å². The van der Waals surface area contributed by atoms with Gasteiger partial charge < -0.3 is 15.2 Å². The van der Waals surface area contributed by atoms with Gasteiger partial charge in [-0.3, -0.25) is 9.69 Å². The molecule has 23 heavy (non-hydrogen) atoms. The number of aliphatic hydroxyl groups is 1. The van der Waals surface area contributed by atoms with E-state index in [0.717, 1.165) is 0 Å². The number of benzene rings is 1. The third-order valence-electron chi connectivity index (χ3n) is 3.34. The molecule has 2 atom stereocenters. The number of anilines is 1. The second-order valence-corrected chi connectivity index (χ2v) is 6.91. The van der Waals surface area contributed by atoms with Gasteiger partial charge in [-0.05, 0) is 32.9 Å². The SMILES string of the molecule is CC(C)(C)OC(=O)N1C[C@@H](O)C[C@@H]1C(=O)Nc1ccccc1Cl. The van der Waals surface area contributed by atoms with Gasteiger partial charge >= 0.3 is 6.09 Å². The molecule has 1 heterocycles. The first-order chi connectivity index (χ1) is 10.7. The Morgan fingerprint density at radius 3 is 2.61 bits per heavy atom. The number of β-amino-alcohol motifs (C(OH)–C–C–N with tert-alkyl or cyclic N) is 1. The lowest BCUT2D eigenvalue weighted by atomic mass is 10.2. The van der Waals surface area contributed by atoms with E-state index in [0.29, 0.717) is 10.7 Å². The number of nitrogens with one attached hydrogen (secondary N) is 1. The minimum absolute atomic E-state index is 0.0650. The van der Waals surface area contributed by atoms with Crippen molar-refractivity contribution >= 4 is 29.3 Å². The molecular weight excluding hydrogens is 320 g/mol. The van der Waals surface area contributed by atoms with Crippen molar-refractivity contribution in [3.63, 3.8) is 0 Å². The second-order valence-electron chi connectivity index (χ2n) is 6.51. The number of likely N-dealkylation sites (tertiary alicyclic amines) is 1. The van der Waals surface area contributed by atoms with E-state index in [4.69, 9.17) is 16.3 Å². The zero-order valence-electron chi connectivity index (χ0n) is 13.4. The van der Waals surface area contributed by atoms with Gasteiger partial charge in [0.2, 0.25) is 5.91 Å². The number of ether oxygens (including phenoxy) is 1. The first kappa shape index (κ1) is 17.6. The van der Waals surface area contributed by atoms with Crippen LogP contribution >= 0.6 is 11.6 Å². The summed E-state index contributed by atoms with van der Waals surface area (Å²) < 4.78 is 5.29. The summed E-state index contributed by atoms with van der Waals surface area (Å²) in [6.07, 6.45) is -1.21. The highest BCUT2D eigenvalue weighted by molar-refractivity contribution is 6.33. The number of nitrogens with zero attached hydrogens (tertiary/aromatic N) is 1. The highest BCUT2D eigenvalue weighted by Gasteiger charge is 2.41. The first-order valence-electron chi connectivity index (χ1n) is 7.40. The van der Waals surface area contributed by atoms with Crippen LogP contribution in [0, 0.1) is 0 Å². The molecule has 2 N–H and O–H groups in total. The summed E-state index contributed by atoms with van der Waals surface area (Å²) in [5, 5.41) is 12.9. The van der Waals surface area contributed by atoms with Gasteiger partial charge in [0.05, 0.1) is 23.4 Å². The third-order valence-corrected chi connectivity index (χ3v) is 3.67. The number of aliphatic hydroxyl groups excluding tert-OH is 1. The normalized spacial score (nSPS) is 21.2.